The van der Waals surface area contributed by atoms with Gasteiger partial charge < -0.3 is 5.32 Å². The third-order valence-electron chi connectivity index (χ3n) is 2.41. The van der Waals surface area contributed by atoms with Gasteiger partial charge in [0.2, 0.25) is 0 Å². The molecule has 0 fully saturated rings. The highest BCUT2D eigenvalue weighted by molar-refractivity contribution is 6.08. The predicted octanol–water partition coefficient (Wildman–Crippen LogP) is 2.11. The SMILES string of the molecule is CCCCCCCCNCCC[SiH3]. The zero-order chi connectivity index (χ0) is 9.78. The zero-order valence-corrected chi connectivity index (χ0v) is 11.6. The van der Waals surface area contributed by atoms with E-state index in [0.717, 1.165) is 0 Å². The largest absolute Gasteiger partial charge is 0.317 e. The highest BCUT2D eigenvalue weighted by Crippen LogP contribution is 2.03. The monoisotopic (exact) mass is 201 g/mol. The fraction of sp³-hybridized carbons (Fsp3) is 1.00. The van der Waals surface area contributed by atoms with Crippen LogP contribution >= 0.6 is 0 Å². The van der Waals surface area contributed by atoms with Crippen molar-refractivity contribution in [3.05, 3.63) is 0 Å². The minimum atomic E-state index is 1.24. The maximum atomic E-state index is 3.50. The van der Waals surface area contributed by atoms with E-state index in [0.29, 0.717) is 0 Å². The van der Waals surface area contributed by atoms with Crippen LogP contribution in [0.15, 0.2) is 0 Å². The summed E-state index contributed by atoms with van der Waals surface area (Å²) in [5.41, 5.74) is 0. The summed E-state index contributed by atoms with van der Waals surface area (Å²) in [6.45, 7) is 4.77. The van der Waals surface area contributed by atoms with Crippen LogP contribution in [0.4, 0.5) is 0 Å². The van der Waals surface area contributed by atoms with Gasteiger partial charge in [-0.2, -0.15) is 0 Å². The fourth-order valence-electron chi connectivity index (χ4n) is 1.46. The molecule has 0 atom stereocenters. The lowest BCUT2D eigenvalue weighted by atomic mass is 10.1. The number of nitrogens with one attached hydrogen (secondary N) is 1. The molecule has 0 saturated heterocycles. The third-order valence-corrected chi connectivity index (χ3v) is 3.12. The van der Waals surface area contributed by atoms with Crippen molar-refractivity contribution in [2.45, 2.75) is 57.9 Å². The Bertz CT molecular complexity index is 76.2. The molecule has 13 heavy (non-hydrogen) atoms. The molecule has 0 radical (unpaired) electrons. The van der Waals surface area contributed by atoms with Crippen molar-refractivity contribution in [1.82, 2.24) is 5.32 Å². The van der Waals surface area contributed by atoms with Crippen molar-refractivity contribution in [1.29, 1.82) is 0 Å². The molecular weight excluding hydrogens is 174 g/mol. The second-order valence-electron chi connectivity index (χ2n) is 3.87. The Kier molecular flexibility index (Phi) is 12.3. The van der Waals surface area contributed by atoms with Crippen molar-refractivity contribution in [3.8, 4) is 0 Å². The molecule has 0 spiro atoms. The van der Waals surface area contributed by atoms with Crippen LogP contribution in [0, 0.1) is 0 Å². The first-order valence-corrected chi connectivity index (χ1v) is 7.54. The molecule has 0 aliphatic rings. The van der Waals surface area contributed by atoms with Gasteiger partial charge in [0.15, 0.2) is 0 Å². The van der Waals surface area contributed by atoms with Crippen LogP contribution in [0.2, 0.25) is 6.04 Å². The Hall–Kier alpha value is 0.177. The fourth-order valence-corrected chi connectivity index (χ4v) is 1.81. The molecule has 2 heteroatoms. The van der Waals surface area contributed by atoms with E-state index in [-0.39, 0.29) is 0 Å². The van der Waals surface area contributed by atoms with Gasteiger partial charge in [-0.25, -0.2) is 0 Å². The molecule has 0 aromatic rings. The maximum absolute atomic E-state index is 3.50. The number of rotatable bonds is 10. The summed E-state index contributed by atoms with van der Waals surface area (Å²) >= 11 is 0. The van der Waals surface area contributed by atoms with Crippen molar-refractivity contribution in [2.75, 3.05) is 13.1 Å². The van der Waals surface area contributed by atoms with E-state index in [1.165, 1.54) is 74.3 Å². The van der Waals surface area contributed by atoms with Crippen LogP contribution in [0.1, 0.15) is 51.9 Å². The zero-order valence-electron chi connectivity index (χ0n) is 9.57. The Balaban J connectivity index is 2.76. The molecule has 0 aliphatic carbocycles. The lowest BCUT2D eigenvalue weighted by Crippen LogP contribution is -2.16. The standard InChI is InChI=1S/C11H27NSi/c1-2-3-4-5-6-7-9-12-10-8-11-13/h12H,2-11H2,1,13H3. The minimum Gasteiger partial charge on any atom is -0.317 e. The van der Waals surface area contributed by atoms with Gasteiger partial charge >= 0.3 is 0 Å². The normalized spacial score (nSPS) is 10.8. The second kappa shape index (κ2) is 12.2. The van der Waals surface area contributed by atoms with Gasteiger partial charge in [-0.3, -0.25) is 0 Å². The lowest BCUT2D eigenvalue weighted by molar-refractivity contribution is 0.570. The Morgan fingerprint density at radius 2 is 1.46 bits per heavy atom. The molecule has 0 heterocycles. The molecule has 0 amide bonds. The predicted molar refractivity (Wildman–Crippen MR) is 65.6 cm³/mol. The second-order valence-corrected chi connectivity index (χ2v) is 4.87. The molecule has 1 nitrogen and oxygen atoms in total. The van der Waals surface area contributed by atoms with Crippen molar-refractivity contribution in [3.63, 3.8) is 0 Å². The third kappa shape index (κ3) is 12.2. The van der Waals surface area contributed by atoms with Crippen LogP contribution in [-0.2, 0) is 0 Å². The summed E-state index contributed by atoms with van der Waals surface area (Å²) in [7, 11) is 1.37. The molecule has 0 aromatic carbocycles. The molecule has 0 unspecified atom stereocenters. The molecule has 0 rings (SSSR count). The van der Waals surface area contributed by atoms with E-state index in [4.69, 9.17) is 0 Å². The molecular formula is C11H27NSi. The molecule has 0 aromatic heterocycles. The van der Waals surface area contributed by atoms with Crippen LogP contribution in [-0.4, -0.2) is 23.3 Å². The molecule has 0 aliphatic heterocycles. The Labute approximate surface area is 87.1 Å². The summed E-state index contributed by atoms with van der Waals surface area (Å²) in [6.07, 6.45) is 9.86. The van der Waals surface area contributed by atoms with Crippen LogP contribution in [0.5, 0.6) is 0 Å². The number of unbranched alkanes of at least 4 members (excludes halogenated alkanes) is 5. The lowest BCUT2D eigenvalue weighted by Gasteiger charge is -2.03. The van der Waals surface area contributed by atoms with Crippen LogP contribution in [0.3, 0.4) is 0 Å². The van der Waals surface area contributed by atoms with E-state index in [9.17, 15) is 0 Å². The van der Waals surface area contributed by atoms with Gasteiger partial charge in [0.1, 0.15) is 0 Å². The quantitative estimate of drug-likeness (QED) is 0.422. The summed E-state index contributed by atoms with van der Waals surface area (Å²) in [4.78, 5) is 0. The van der Waals surface area contributed by atoms with Gasteiger partial charge in [0.25, 0.3) is 0 Å². The molecule has 0 saturated carbocycles. The van der Waals surface area contributed by atoms with Crippen molar-refractivity contribution >= 4 is 10.2 Å². The number of hydrogen-bond donors (Lipinski definition) is 1. The smallest absolute Gasteiger partial charge is 0.00286 e. The van der Waals surface area contributed by atoms with Crippen molar-refractivity contribution in [2.24, 2.45) is 0 Å². The number of hydrogen-bond acceptors (Lipinski definition) is 1. The van der Waals surface area contributed by atoms with Gasteiger partial charge in [-0.05, 0) is 25.9 Å². The first-order valence-electron chi connectivity index (χ1n) is 6.12. The van der Waals surface area contributed by atoms with Gasteiger partial charge in [-0.1, -0.05) is 45.1 Å². The first-order chi connectivity index (χ1) is 6.41. The topological polar surface area (TPSA) is 12.0 Å². The minimum absolute atomic E-state index is 1.24. The first kappa shape index (κ1) is 13.2. The van der Waals surface area contributed by atoms with E-state index < -0.39 is 0 Å². The summed E-state index contributed by atoms with van der Waals surface area (Å²) in [5.74, 6) is 0. The van der Waals surface area contributed by atoms with Crippen molar-refractivity contribution < 1.29 is 0 Å². The van der Waals surface area contributed by atoms with Gasteiger partial charge in [0.05, 0.1) is 0 Å². The summed E-state index contributed by atoms with van der Waals surface area (Å²) < 4.78 is 0. The summed E-state index contributed by atoms with van der Waals surface area (Å²) in [6, 6.07) is 1.45. The van der Waals surface area contributed by atoms with E-state index in [1.54, 1.807) is 0 Å². The highest BCUT2D eigenvalue weighted by atomic mass is 28.1. The van der Waals surface area contributed by atoms with E-state index in [1.807, 2.05) is 0 Å². The average Bonchev–Trinajstić information content (AvgIpc) is 2.16. The Morgan fingerprint density at radius 3 is 2.15 bits per heavy atom. The van der Waals surface area contributed by atoms with Crippen LogP contribution < -0.4 is 5.32 Å². The van der Waals surface area contributed by atoms with Gasteiger partial charge in [0, 0.05) is 10.2 Å². The molecule has 1 N–H and O–H groups in total. The van der Waals surface area contributed by atoms with Crippen LogP contribution in [0.25, 0.3) is 0 Å². The Morgan fingerprint density at radius 1 is 0.846 bits per heavy atom. The molecule has 0 bridgehead atoms. The van der Waals surface area contributed by atoms with E-state index >= 15 is 0 Å². The maximum Gasteiger partial charge on any atom is 0.00286 e. The van der Waals surface area contributed by atoms with Gasteiger partial charge in [-0.15, -0.1) is 0 Å². The summed E-state index contributed by atoms with van der Waals surface area (Å²) in [5, 5.41) is 3.50. The van der Waals surface area contributed by atoms with E-state index in [2.05, 4.69) is 12.2 Å². The highest BCUT2D eigenvalue weighted by Gasteiger charge is 1.89. The average molecular weight is 201 g/mol. The molecule has 80 valence electrons.